The van der Waals surface area contributed by atoms with Crippen LogP contribution in [0.5, 0.6) is 0 Å². The SMILES string of the molecule is Nc1ccc(Nc2ccc(Cc3ccc(-c4ccc(N)c(Cc5ccc6nc7ccc(N)cc7cc6c5)c4)cc3)cc2)cc1. The predicted molar refractivity (Wildman–Crippen MR) is 186 cm³/mol. The number of hydrogen-bond donors (Lipinski definition) is 4. The van der Waals surface area contributed by atoms with Gasteiger partial charge >= 0.3 is 0 Å². The second-order valence-electron chi connectivity index (χ2n) is 11.4. The number of nitrogens with one attached hydrogen (secondary N) is 1. The molecule has 1 aromatic heterocycles. The van der Waals surface area contributed by atoms with Crippen LogP contribution in [0.25, 0.3) is 32.9 Å². The van der Waals surface area contributed by atoms with Crippen molar-refractivity contribution in [2.24, 2.45) is 0 Å². The summed E-state index contributed by atoms with van der Waals surface area (Å²) in [4.78, 5) is 4.81. The van der Waals surface area contributed by atoms with E-state index in [0.29, 0.717) is 0 Å². The van der Waals surface area contributed by atoms with Crippen molar-refractivity contribution >= 4 is 50.2 Å². The lowest BCUT2D eigenvalue weighted by Gasteiger charge is -2.11. The molecule has 0 atom stereocenters. The summed E-state index contributed by atoms with van der Waals surface area (Å²) in [5.74, 6) is 0. The van der Waals surface area contributed by atoms with Crippen LogP contribution >= 0.6 is 0 Å². The first-order valence-electron chi connectivity index (χ1n) is 14.7. The van der Waals surface area contributed by atoms with Crippen molar-refractivity contribution in [3.8, 4) is 11.1 Å². The van der Waals surface area contributed by atoms with Crippen LogP contribution in [-0.2, 0) is 12.8 Å². The number of anilines is 5. The fourth-order valence-electron chi connectivity index (χ4n) is 5.67. The number of benzene rings is 6. The lowest BCUT2D eigenvalue weighted by molar-refractivity contribution is 1.19. The Labute approximate surface area is 257 Å². The summed E-state index contributed by atoms with van der Waals surface area (Å²) < 4.78 is 0. The molecule has 0 aliphatic carbocycles. The molecule has 44 heavy (non-hydrogen) atoms. The molecule has 1 heterocycles. The van der Waals surface area contributed by atoms with E-state index in [1.165, 1.54) is 22.3 Å². The summed E-state index contributed by atoms with van der Waals surface area (Å²) in [6, 6.07) is 45.8. The molecule has 5 heteroatoms. The molecule has 0 aliphatic rings. The molecule has 0 bridgehead atoms. The van der Waals surface area contributed by atoms with E-state index in [2.05, 4.69) is 90.2 Å². The van der Waals surface area contributed by atoms with Gasteiger partial charge in [0, 0.05) is 39.2 Å². The fraction of sp³-hybridized carbons (Fsp3) is 0.0513. The smallest absolute Gasteiger partial charge is 0.0711 e. The summed E-state index contributed by atoms with van der Waals surface area (Å²) in [6.07, 6.45) is 1.61. The van der Waals surface area contributed by atoms with E-state index in [1.807, 2.05) is 48.5 Å². The highest BCUT2D eigenvalue weighted by Crippen LogP contribution is 2.29. The van der Waals surface area contributed by atoms with E-state index in [-0.39, 0.29) is 0 Å². The maximum atomic E-state index is 6.45. The Bertz CT molecular complexity index is 2100. The molecule has 214 valence electrons. The molecule has 0 amide bonds. The Kier molecular flexibility index (Phi) is 7.05. The van der Waals surface area contributed by atoms with Gasteiger partial charge < -0.3 is 22.5 Å². The van der Waals surface area contributed by atoms with Gasteiger partial charge in [-0.05, 0) is 131 Å². The Morgan fingerprint density at radius 1 is 0.455 bits per heavy atom. The Morgan fingerprint density at radius 3 is 1.75 bits per heavy atom. The summed E-state index contributed by atoms with van der Waals surface area (Å²) in [5.41, 5.74) is 31.7. The fourth-order valence-corrected chi connectivity index (χ4v) is 5.67. The summed E-state index contributed by atoms with van der Waals surface area (Å²) in [6.45, 7) is 0. The van der Waals surface area contributed by atoms with E-state index in [0.717, 1.165) is 74.2 Å². The minimum absolute atomic E-state index is 0.741. The molecular weight excluding hydrogens is 538 g/mol. The average Bonchev–Trinajstić information content (AvgIpc) is 3.03. The van der Waals surface area contributed by atoms with Gasteiger partial charge in [0.05, 0.1) is 11.0 Å². The van der Waals surface area contributed by atoms with Crippen LogP contribution in [0.3, 0.4) is 0 Å². The second kappa shape index (κ2) is 11.5. The number of hydrogen-bond acceptors (Lipinski definition) is 5. The molecule has 0 saturated carbocycles. The third-order valence-corrected chi connectivity index (χ3v) is 8.08. The second-order valence-corrected chi connectivity index (χ2v) is 11.4. The summed E-state index contributed by atoms with van der Waals surface area (Å²) >= 11 is 0. The van der Waals surface area contributed by atoms with Gasteiger partial charge in [0.15, 0.2) is 0 Å². The van der Waals surface area contributed by atoms with Gasteiger partial charge in [-0.2, -0.15) is 0 Å². The van der Waals surface area contributed by atoms with Gasteiger partial charge in [-0.15, -0.1) is 0 Å². The molecule has 0 fully saturated rings. The predicted octanol–water partition coefficient (Wildman–Crippen LogP) is 8.73. The van der Waals surface area contributed by atoms with Gasteiger partial charge in [0.2, 0.25) is 0 Å². The van der Waals surface area contributed by atoms with Crippen LogP contribution < -0.4 is 22.5 Å². The lowest BCUT2D eigenvalue weighted by Crippen LogP contribution is -1.97. The van der Waals surface area contributed by atoms with Crippen LogP contribution in [0.2, 0.25) is 0 Å². The standard InChI is InChI=1S/C39H33N5/c40-33-9-14-36(15-10-33)43-35-12-3-26(4-13-35)19-25-1-6-28(7-2-25)29-8-16-37(42)30(22-29)20-27-5-17-38-31(21-27)23-32-24-34(41)11-18-39(32)44-38/h1-18,21-24,43H,19-20,40-42H2. The highest BCUT2D eigenvalue weighted by atomic mass is 14.9. The van der Waals surface area contributed by atoms with Crippen molar-refractivity contribution in [3.63, 3.8) is 0 Å². The first-order chi connectivity index (χ1) is 21.4. The molecule has 7 aromatic rings. The topological polar surface area (TPSA) is 103 Å². The molecule has 6 aromatic carbocycles. The third kappa shape index (κ3) is 5.90. The Hall–Kier alpha value is -5.81. The Morgan fingerprint density at radius 2 is 1.02 bits per heavy atom. The van der Waals surface area contributed by atoms with Crippen molar-refractivity contribution in [2.75, 3.05) is 22.5 Å². The highest BCUT2D eigenvalue weighted by Gasteiger charge is 2.08. The van der Waals surface area contributed by atoms with Gasteiger partial charge in [-0.1, -0.05) is 48.5 Å². The monoisotopic (exact) mass is 571 g/mol. The normalized spacial score (nSPS) is 11.2. The van der Waals surface area contributed by atoms with E-state index >= 15 is 0 Å². The number of rotatable bonds is 7. The van der Waals surface area contributed by atoms with Crippen molar-refractivity contribution in [3.05, 3.63) is 156 Å². The quantitative estimate of drug-likeness (QED) is 0.113. The molecular formula is C39H33N5. The molecule has 7 N–H and O–H groups in total. The largest absolute Gasteiger partial charge is 0.399 e. The molecule has 0 unspecified atom stereocenters. The summed E-state index contributed by atoms with van der Waals surface area (Å²) in [5, 5.41) is 5.56. The molecule has 0 saturated heterocycles. The van der Waals surface area contributed by atoms with Crippen molar-refractivity contribution in [1.82, 2.24) is 4.98 Å². The zero-order valence-corrected chi connectivity index (χ0v) is 24.3. The van der Waals surface area contributed by atoms with E-state index < -0.39 is 0 Å². The number of nitrogens with two attached hydrogens (primary N) is 3. The maximum absolute atomic E-state index is 6.45. The number of nitrogens with zero attached hydrogens (tertiary/aromatic N) is 1. The van der Waals surface area contributed by atoms with E-state index in [4.69, 9.17) is 22.2 Å². The molecule has 0 radical (unpaired) electrons. The lowest BCUT2D eigenvalue weighted by atomic mass is 9.95. The van der Waals surface area contributed by atoms with Crippen LogP contribution in [0.15, 0.2) is 133 Å². The molecule has 7 rings (SSSR count). The summed E-state index contributed by atoms with van der Waals surface area (Å²) in [7, 11) is 0. The third-order valence-electron chi connectivity index (χ3n) is 8.08. The van der Waals surface area contributed by atoms with Crippen molar-refractivity contribution in [2.45, 2.75) is 12.8 Å². The first-order valence-corrected chi connectivity index (χ1v) is 14.7. The van der Waals surface area contributed by atoms with Crippen LogP contribution in [0.1, 0.15) is 22.3 Å². The molecule has 0 aliphatic heterocycles. The van der Waals surface area contributed by atoms with Crippen LogP contribution in [0, 0.1) is 0 Å². The number of aromatic nitrogens is 1. The minimum atomic E-state index is 0.741. The van der Waals surface area contributed by atoms with Crippen molar-refractivity contribution < 1.29 is 0 Å². The van der Waals surface area contributed by atoms with Crippen molar-refractivity contribution in [1.29, 1.82) is 0 Å². The van der Waals surface area contributed by atoms with Gasteiger partial charge in [0.25, 0.3) is 0 Å². The zero-order chi connectivity index (χ0) is 30.0. The number of nitrogen functional groups attached to an aromatic ring is 3. The van der Waals surface area contributed by atoms with Gasteiger partial charge in [-0.25, -0.2) is 4.98 Å². The zero-order valence-electron chi connectivity index (χ0n) is 24.3. The Balaban J connectivity index is 1.05. The maximum Gasteiger partial charge on any atom is 0.0711 e. The molecule has 5 nitrogen and oxygen atoms in total. The van der Waals surface area contributed by atoms with Gasteiger partial charge in [0.1, 0.15) is 0 Å². The number of pyridine rings is 1. The van der Waals surface area contributed by atoms with Gasteiger partial charge in [-0.3, -0.25) is 0 Å². The van der Waals surface area contributed by atoms with Crippen LogP contribution in [-0.4, -0.2) is 4.98 Å². The minimum Gasteiger partial charge on any atom is -0.399 e. The average molecular weight is 572 g/mol. The van der Waals surface area contributed by atoms with E-state index in [9.17, 15) is 0 Å². The molecule has 0 spiro atoms. The number of fused-ring (bicyclic) bond motifs is 2. The van der Waals surface area contributed by atoms with E-state index in [1.54, 1.807) is 0 Å². The first kappa shape index (κ1) is 27.0. The van der Waals surface area contributed by atoms with Crippen LogP contribution in [0.4, 0.5) is 28.4 Å². The highest BCUT2D eigenvalue weighted by molar-refractivity contribution is 5.94.